The smallest absolute Gasteiger partial charge is 0.244 e. The summed E-state index contributed by atoms with van der Waals surface area (Å²) in [5, 5.41) is 3.03. The molecule has 1 fully saturated rings. The quantitative estimate of drug-likeness (QED) is 0.646. The van der Waals surface area contributed by atoms with Crippen LogP contribution >= 0.6 is 0 Å². The molecule has 3 N–H and O–H groups in total. The van der Waals surface area contributed by atoms with Gasteiger partial charge in [-0.3, -0.25) is 4.79 Å². The minimum absolute atomic E-state index is 0.0498. The van der Waals surface area contributed by atoms with Crippen molar-refractivity contribution < 1.29 is 4.79 Å². The molecule has 0 spiro atoms. The molecule has 1 saturated carbocycles. The van der Waals surface area contributed by atoms with E-state index >= 15 is 0 Å². The summed E-state index contributed by atoms with van der Waals surface area (Å²) >= 11 is 0. The molecule has 1 aromatic carbocycles. The fourth-order valence-electron chi connectivity index (χ4n) is 2.48. The first-order valence-corrected chi connectivity index (χ1v) is 7.05. The summed E-state index contributed by atoms with van der Waals surface area (Å²) in [6.45, 7) is 0. The summed E-state index contributed by atoms with van der Waals surface area (Å²) in [7, 11) is 0. The second-order valence-electron chi connectivity index (χ2n) is 5.16. The molecule has 19 heavy (non-hydrogen) atoms. The van der Waals surface area contributed by atoms with E-state index in [1.807, 2.05) is 36.4 Å². The van der Waals surface area contributed by atoms with E-state index in [0.717, 1.165) is 24.8 Å². The molecule has 0 radical (unpaired) electrons. The molecule has 1 aromatic rings. The van der Waals surface area contributed by atoms with Crippen LogP contribution in [0.1, 0.15) is 37.7 Å². The molecule has 0 heterocycles. The van der Waals surface area contributed by atoms with E-state index < -0.39 is 0 Å². The van der Waals surface area contributed by atoms with E-state index in [4.69, 9.17) is 5.73 Å². The molecule has 2 rings (SSSR count). The number of carbonyl (C=O) groups excluding carboxylic acids is 1. The zero-order chi connectivity index (χ0) is 13.5. The molecule has 0 saturated heterocycles. The van der Waals surface area contributed by atoms with E-state index in [9.17, 15) is 4.79 Å². The average Bonchev–Trinajstić information content (AvgIpc) is 2.63. The molecule has 0 bridgehead atoms. The van der Waals surface area contributed by atoms with Crippen LogP contribution in [0, 0.1) is 0 Å². The maximum atomic E-state index is 11.9. The monoisotopic (exact) mass is 258 g/mol. The number of hydrogen-bond acceptors (Lipinski definition) is 2. The molecule has 3 nitrogen and oxygen atoms in total. The van der Waals surface area contributed by atoms with Crippen LogP contribution < -0.4 is 11.1 Å². The molecule has 2 unspecified atom stereocenters. The topological polar surface area (TPSA) is 55.1 Å². The van der Waals surface area contributed by atoms with Gasteiger partial charge in [0, 0.05) is 18.2 Å². The average molecular weight is 258 g/mol. The Morgan fingerprint density at radius 3 is 2.68 bits per heavy atom. The Balaban J connectivity index is 1.88. The third kappa shape index (κ3) is 4.52. The lowest BCUT2D eigenvalue weighted by molar-refractivity contribution is -0.117. The highest BCUT2D eigenvalue weighted by Crippen LogP contribution is 2.16. The predicted octanol–water partition coefficient (Wildman–Crippen LogP) is 2.48. The summed E-state index contributed by atoms with van der Waals surface area (Å²) in [4.78, 5) is 11.9. The van der Waals surface area contributed by atoms with Crippen molar-refractivity contribution in [1.29, 1.82) is 0 Å². The molecule has 3 heteroatoms. The van der Waals surface area contributed by atoms with Crippen LogP contribution in [-0.4, -0.2) is 18.0 Å². The Bertz CT molecular complexity index is 428. The Morgan fingerprint density at radius 1 is 1.16 bits per heavy atom. The molecule has 0 aliphatic heterocycles. The van der Waals surface area contributed by atoms with Crippen LogP contribution in [0.3, 0.4) is 0 Å². The van der Waals surface area contributed by atoms with Crippen molar-refractivity contribution in [3.05, 3.63) is 42.0 Å². The number of nitrogens with two attached hydrogens (primary N) is 1. The standard InChI is InChI=1S/C16H22N2O/c17-14-9-5-2-6-10-15(14)18-16(19)12-11-13-7-3-1-4-8-13/h1,3-4,7-8,11-12,14-15H,2,5-6,9-10,17H2,(H,18,19). The number of amides is 1. The van der Waals surface area contributed by atoms with Gasteiger partial charge in [0.25, 0.3) is 0 Å². The maximum absolute atomic E-state index is 11.9. The summed E-state index contributed by atoms with van der Waals surface area (Å²) < 4.78 is 0. The van der Waals surface area contributed by atoms with Crippen LogP contribution in [0.15, 0.2) is 36.4 Å². The number of rotatable bonds is 3. The van der Waals surface area contributed by atoms with Gasteiger partial charge in [0.05, 0.1) is 0 Å². The molecular formula is C16H22N2O. The number of nitrogens with one attached hydrogen (secondary N) is 1. The third-order valence-corrected chi connectivity index (χ3v) is 3.62. The van der Waals surface area contributed by atoms with Crippen molar-refractivity contribution >= 4 is 12.0 Å². The summed E-state index contributed by atoms with van der Waals surface area (Å²) in [6, 6.07) is 10.0. The van der Waals surface area contributed by atoms with Crippen LogP contribution in [-0.2, 0) is 4.79 Å². The van der Waals surface area contributed by atoms with Crippen molar-refractivity contribution in [2.24, 2.45) is 5.73 Å². The van der Waals surface area contributed by atoms with E-state index in [-0.39, 0.29) is 18.0 Å². The first kappa shape index (κ1) is 13.8. The lowest BCUT2D eigenvalue weighted by atomic mass is 10.0. The predicted molar refractivity (Wildman–Crippen MR) is 78.5 cm³/mol. The molecule has 0 aromatic heterocycles. The van der Waals surface area contributed by atoms with Gasteiger partial charge in [0.1, 0.15) is 0 Å². The van der Waals surface area contributed by atoms with Crippen LogP contribution in [0.4, 0.5) is 0 Å². The summed E-state index contributed by atoms with van der Waals surface area (Å²) in [5.74, 6) is -0.0498. The summed E-state index contributed by atoms with van der Waals surface area (Å²) in [6.07, 6.45) is 8.97. The van der Waals surface area contributed by atoms with Crippen molar-refractivity contribution in [3.63, 3.8) is 0 Å². The highest BCUT2D eigenvalue weighted by atomic mass is 16.1. The molecular weight excluding hydrogens is 236 g/mol. The fourth-order valence-corrected chi connectivity index (χ4v) is 2.48. The zero-order valence-electron chi connectivity index (χ0n) is 11.2. The van der Waals surface area contributed by atoms with Crippen LogP contribution in [0.25, 0.3) is 6.08 Å². The lowest BCUT2D eigenvalue weighted by Crippen LogP contribution is -2.46. The zero-order valence-corrected chi connectivity index (χ0v) is 11.2. The second-order valence-corrected chi connectivity index (χ2v) is 5.16. The normalized spacial score (nSPS) is 24.1. The van der Waals surface area contributed by atoms with Gasteiger partial charge in [0.15, 0.2) is 0 Å². The Morgan fingerprint density at radius 2 is 1.89 bits per heavy atom. The molecule has 102 valence electrons. The minimum atomic E-state index is -0.0498. The van der Waals surface area contributed by atoms with Gasteiger partial charge in [-0.1, -0.05) is 49.6 Å². The SMILES string of the molecule is NC1CCCCCC1NC(=O)C=Cc1ccccc1. The van der Waals surface area contributed by atoms with Crippen molar-refractivity contribution in [2.75, 3.05) is 0 Å². The van der Waals surface area contributed by atoms with Crippen molar-refractivity contribution in [3.8, 4) is 0 Å². The molecule has 2 atom stereocenters. The second kappa shape index (κ2) is 7.10. The minimum Gasteiger partial charge on any atom is -0.348 e. The van der Waals surface area contributed by atoms with Gasteiger partial charge >= 0.3 is 0 Å². The highest BCUT2D eigenvalue weighted by Gasteiger charge is 2.20. The van der Waals surface area contributed by atoms with Crippen molar-refractivity contribution in [1.82, 2.24) is 5.32 Å². The number of hydrogen-bond donors (Lipinski definition) is 2. The third-order valence-electron chi connectivity index (χ3n) is 3.62. The highest BCUT2D eigenvalue weighted by molar-refractivity contribution is 5.91. The fraction of sp³-hybridized carbons (Fsp3) is 0.438. The van der Waals surface area contributed by atoms with Gasteiger partial charge in [-0.25, -0.2) is 0 Å². The first-order chi connectivity index (χ1) is 9.25. The molecule has 1 amide bonds. The first-order valence-electron chi connectivity index (χ1n) is 7.05. The van der Waals surface area contributed by atoms with E-state index in [1.165, 1.54) is 12.8 Å². The Hall–Kier alpha value is -1.61. The van der Waals surface area contributed by atoms with Crippen LogP contribution in [0.2, 0.25) is 0 Å². The molecule has 1 aliphatic carbocycles. The maximum Gasteiger partial charge on any atom is 0.244 e. The van der Waals surface area contributed by atoms with Gasteiger partial charge < -0.3 is 11.1 Å². The Labute approximate surface area is 114 Å². The van der Waals surface area contributed by atoms with Gasteiger partial charge in [-0.05, 0) is 24.5 Å². The van der Waals surface area contributed by atoms with E-state index in [0.29, 0.717) is 0 Å². The van der Waals surface area contributed by atoms with E-state index in [2.05, 4.69) is 5.32 Å². The van der Waals surface area contributed by atoms with E-state index in [1.54, 1.807) is 6.08 Å². The lowest BCUT2D eigenvalue weighted by Gasteiger charge is -2.21. The number of benzene rings is 1. The van der Waals surface area contributed by atoms with Gasteiger partial charge in [0.2, 0.25) is 5.91 Å². The van der Waals surface area contributed by atoms with Gasteiger partial charge in [-0.15, -0.1) is 0 Å². The number of carbonyl (C=O) groups is 1. The molecule has 1 aliphatic rings. The van der Waals surface area contributed by atoms with Crippen LogP contribution in [0.5, 0.6) is 0 Å². The summed E-state index contributed by atoms with van der Waals surface area (Å²) in [5.41, 5.74) is 7.13. The van der Waals surface area contributed by atoms with Gasteiger partial charge in [-0.2, -0.15) is 0 Å². The Kier molecular flexibility index (Phi) is 5.16. The largest absolute Gasteiger partial charge is 0.348 e. The van der Waals surface area contributed by atoms with Crippen molar-refractivity contribution in [2.45, 2.75) is 44.2 Å².